The van der Waals surface area contributed by atoms with Crippen molar-refractivity contribution in [2.45, 2.75) is 31.6 Å². The van der Waals surface area contributed by atoms with E-state index in [0.29, 0.717) is 12.5 Å². The lowest BCUT2D eigenvalue weighted by atomic mass is 9.98. The van der Waals surface area contributed by atoms with E-state index in [4.69, 9.17) is 5.73 Å². The van der Waals surface area contributed by atoms with Gasteiger partial charge in [-0.15, -0.1) is 0 Å². The van der Waals surface area contributed by atoms with Crippen LogP contribution in [0.2, 0.25) is 0 Å². The van der Waals surface area contributed by atoms with Gasteiger partial charge in [0, 0.05) is 31.2 Å². The predicted molar refractivity (Wildman–Crippen MR) is 81.0 cm³/mol. The molecule has 1 aromatic carbocycles. The lowest BCUT2D eigenvalue weighted by Crippen LogP contribution is -2.45. The number of benzene rings is 1. The van der Waals surface area contributed by atoms with Gasteiger partial charge in [0.15, 0.2) is 0 Å². The quantitative estimate of drug-likeness (QED) is 0.900. The Bertz CT molecular complexity index is 482. The fraction of sp³-hybridized carbons (Fsp3) is 0.562. The molecule has 1 saturated heterocycles. The average molecular weight is 273 g/mol. The van der Waals surface area contributed by atoms with Gasteiger partial charge in [0.2, 0.25) is 0 Å². The van der Waals surface area contributed by atoms with Gasteiger partial charge < -0.3 is 10.6 Å². The van der Waals surface area contributed by atoms with Crippen molar-refractivity contribution in [3.8, 4) is 0 Å². The fourth-order valence-electron chi connectivity index (χ4n) is 3.38. The van der Waals surface area contributed by atoms with Crippen LogP contribution in [0.25, 0.3) is 0 Å². The number of anilines is 1. The maximum Gasteiger partial charge on any atom is 0.324 e. The van der Waals surface area contributed by atoms with E-state index in [-0.39, 0.29) is 6.03 Å². The maximum absolute atomic E-state index is 12.7. The van der Waals surface area contributed by atoms with Gasteiger partial charge in [0.1, 0.15) is 0 Å². The van der Waals surface area contributed by atoms with Crippen LogP contribution in [-0.2, 0) is 0 Å². The zero-order valence-electron chi connectivity index (χ0n) is 11.9. The van der Waals surface area contributed by atoms with Crippen LogP contribution in [0, 0.1) is 0 Å². The Kier molecular flexibility index (Phi) is 3.92. The van der Waals surface area contributed by atoms with Gasteiger partial charge in [-0.1, -0.05) is 18.2 Å². The number of carbonyl (C=O) groups excluding carboxylic acids is 1. The Morgan fingerprint density at radius 1 is 1.20 bits per heavy atom. The SMILES string of the molecule is NCCC1CN(C(=O)N2CCCCC2)c2ccccc21. The molecule has 0 saturated carbocycles. The van der Waals surface area contributed by atoms with E-state index in [9.17, 15) is 4.79 Å². The predicted octanol–water partition coefficient (Wildman–Crippen LogP) is 2.54. The third-order valence-electron chi connectivity index (χ3n) is 4.44. The summed E-state index contributed by atoms with van der Waals surface area (Å²) in [5.41, 5.74) is 8.08. The van der Waals surface area contributed by atoms with Gasteiger partial charge in [0.05, 0.1) is 0 Å². The van der Waals surface area contributed by atoms with E-state index in [1.807, 2.05) is 15.9 Å². The first-order valence-electron chi connectivity index (χ1n) is 7.66. The largest absolute Gasteiger partial charge is 0.330 e. The number of likely N-dealkylation sites (tertiary alicyclic amines) is 1. The summed E-state index contributed by atoms with van der Waals surface area (Å²) in [4.78, 5) is 16.7. The van der Waals surface area contributed by atoms with Crippen LogP contribution < -0.4 is 10.6 Å². The summed E-state index contributed by atoms with van der Waals surface area (Å²) in [7, 11) is 0. The molecule has 2 amide bonds. The van der Waals surface area contributed by atoms with Gasteiger partial charge in [-0.3, -0.25) is 4.90 Å². The molecule has 4 heteroatoms. The topological polar surface area (TPSA) is 49.6 Å². The lowest BCUT2D eigenvalue weighted by Gasteiger charge is -2.31. The van der Waals surface area contributed by atoms with Crippen molar-refractivity contribution < 1.29 is 4.79 Å². The molecular weight excluding hydrogens is 250 g/mol. The van der Waals surface area contributed by atoms with Crippen molar-refractivity contribution in [2.75, 3.05) is 31.1 Å². The molecule has 1 atom stereocenters. The van der Waals surface area contributed by atoms with Gasteiger partial charge in [-0.05, 0) is 43.9 Å². The second-order valence-corrected chi connectivity index (χ2v) is 5.77. The second-order valence-electron chi connectivity index (χ2n) is 5.77. The first kappa shape index (κ1) is 13.4. The van der Waals surface area contributed by atoms with Gasteiger partial charge >= 0.3 is 6.03 Å². The van der Waals surface area contributed by atoms with Crippen molar-refractivity contribution in [2.24, 2.45) is 5.73 Å². The van der Waals surface area contributed by atoms with Gasteiger partial charge in [0.25, 0.3) is 0 Å². The summed E-state index contributed by atoms with van der Waals surface area (Å²) < 4.78 is 0. The molecule has 0 aliphatic carbocycles. The molecule has 0 spiro atoms. The highest BCUT2D eigenvalue weighted by atomic mass is 16.2. The number of rotatable bonds is 2. The number of hydrogen-bond donors (Lipinski definition) is 1. The Hall–Kier alpha value is -1.55. The third-order valence-corrected chi connectivity index (χ3v) is 4.44. The van der Waals surface area contributed by atoms with Crippen LogP contribution in [0.3, 0.4) is 0 Å². The minimum atomic E-state index is 0.177. The van der Waals surface area contributed by atoms with Gasteiger partial charge in [-0.25, -0.2) is 4.79 Å². The number of fused-ring (bicyclic) bond motifs is 1. The summed E-state index contributed by atoms with van der Waals surface area (Å²) in [5, 5.41) is 0. The summed E-state index contributed by atoms with van der Waals surface area (Å²) in [5.74, 6) is 0.393. The summed E-state index contributed by atoms with van der Waals surface area (Å²) >= 11 is 0. The van der Waals surface area contributed by atoms with E-state index in [0.717, 1.165) is 44.6 Å². The van der Waals surface area contributed by atoms with Crippen molar-refractivity contribution in [3.05, 3.63) is 29.8 Å². The fourth-order valence-corrected chi connectivity index (χ4v) is 3.38. The van der Waals surface area contributed by atoms with Crippen molar-refractivity contribution in [1.82, 2.24) is 4.90 Å². The molecule has 1 unspecified atom stereocenters. The van der Waals surface area contributed by atoms with E-state index >= 15 is 0 Å². The number of nitrogens with zero attached hydrogens (tertiary/aromatic N) is 2. The molecule has 0 bridgehead atoms. The van der Waals surface area contributed by atoms with E-state index in [1.54, 1.807) is 0 Å². The molecule has 20 heavy (non-hydrogen) atoms. The molecule has 108 valence electrons. The van der Waals surface area contributed by atoms with Crippen LogP contribution in [0.5, 0.6) is 0 Å². The first-order chi connectivity index (χ1) is 9.81. The van der Waals surface area contributed by atoms with Crippen molar-refractivity contribution in [3.63, 3.8) is 0 Å². The number of amides is 2. The zero-order valence-corrected chi connectivity index (χ0v) is 11.9. The minimum absolute atomic E-state index is 0.177. The number of para-hydroxylation sites is 1. The molecule has 2 N–H and O–H groups in total. The molecule has 0 radical (unpaired) electrons. The van der Waals surface area contributed by atoms with Crippen LogP contribution in [0.15, 0.2) is 24.3 Å². The molecule has 3 rings (SSSR count). The van der Waals surface area contributed by atoms with Crippen molar-refractivity contribution in [1.29, 1.82) is 0 Å². The standard InChI is InChI=1S/C16H23N3O/c17-9-8-13-12-19(15-7-3-2-6-14(13)15)16(20)18-10-4-1-5-11-18/h2-3,6-7,13H,1,4-5,8-12,17H2. The molecule has 1 aromatic rings. The maximum atomic E-state index is 12.7. The molecule has 4 nitrogen and oxygen atoms in total. The smallest absolute Gasteiger partial charge is 0.324 e. The van der Waals surface area contributed by atoms with E-state index in [1.165, 1.54) is 12.0 Å². The summed E-state index contributed by atoms with van der Waals surface area (Å²) in [6.45, 7) is 3.26. The van der Waals surface area contributed by atoms with Crippen LogP contribution in [0.4, 0.5) is 10.5 Å². The third kappa shape index (κ3) is 2.40. The zero-order chi connectivity index (χ0) is 13.9. The Labute approximate surface area is 120 Å². The van der Waals surface area contributed by atoms with E-state index < -0.39 is 0 Å². The average Bonchev–Trinajstić information content (AvgIpc) is 2.87. The number of carbonyl (C=O) groups is 1. The van der Waals surface area contributed by atoms with Crippen LogP contribution in [-0.4, -0.2) is 37.1 Å². The molecule has 2 heterocycles. The summed E-state index contributed by atoms with van der Waals surface area (Å²) in [6.07, 6.45) is 4.46. The number of nitrogens with two attached hydrogens (primary N) is 1. The Balaban J connectivity index is 1.82. The molecule has 2 aliphatic rings. The van der Waals surface area contributed by atoms with Crippen LogP contribution >= 0.6 is 0 Å². The second kappa shape index (κ2) is 5.83. The van der Waals surface area contributed by atoms with Gasteiger partial charge in [-0.2, -0.15) is 0 Å². The van der Waals surface area contributed by atoms with Crippen LogP contribution in [0.1, 0.15) is 37.2 Å². The normalized spacial score (nSPS) is 21.9. The highest BCUT2D eigenvalue weighted by molar-refractivity contribution is 5.94. The highest BCUT2D eigenvalue weighted by Gasteiger charge is 2.34. The first-order valence-corrected chi connectivity index (χ1v) is 7.66. The monoisotopic (exact) mass is 273 g/mol. The number of hydrogen-bond acceptors (Lipinski definition) is 2. The minimum Gasteiger partial charge on any atom is -0.330 e. The Morgan fingerprint density at radius 2 is 1.95 bits per heavy atom. The van der Waals surface area contributed by atoms with E-state index in [2.05, 4.69) is 18.2 Å². The molecule has 1 fully saturated rings. The number of piperidine rings is 1. The Morgan fingerprint density at radius 3 is 2.70 bits per heavy atom. The van der Waals surface area contributed by atoms with Crippen molar-refractivity contribution >= 4 is 11.7 Å². The lowest BCUT2D eigenvalue weighted by molar-refractivity contribution is 0.193. The number of urea groups is 1. The highest BCUT2D eigenvalue weighted by Crippen LogP contribution is 2.38. The molecular formula is C16H23N3O. The molecule has 2 aliphatic heterocycles. The molecule has 0 aromatic heterocycles. The summed E-state index contributed by atoms with van der Waals surface area (Å²) in [6, 6.07) is 8.45.